The summed E-state index contributed by atoms with van der Waals surface area (Å²) >= 11 is 0. The Balaban J connectivity index is 2.08. The molecule has 2 rings (SSSR count). The predicted octanol–water partition coefficient (Wildman–Crippen LogP) is 3.16. The van der Waals surface area contributed by atoms with E-state index in [1.165, 1.54) is 12.1 Å². The molecule has 0 spiro atoms. The van der Waals surface area contributed by atoms with Gasteiger partial charge in [-0.05, 0) is 29.8 Å². The van der Waals surface area contributed by atoms with E-state index in [-0.39, 0.29) is 11.9 Å². The summed E-state index contributed by atoms with van der Waals surface area (Å²) in [6.45, 7) is 0. The number of para-hydroxylation sites is 1. The Kier molecular flexibility index (Phi) is 3.70. The molecule has 0 aromatic heterocycles. The molecule has 2 aromatic rings. The second-order valence-electron chi connectivity index (χ2n) is 3.87. The molecule has 1 unspecified atom stereocenters. The maximum atomic E-state index is 11.9. The molecule has 94 valence electrons. The molecule has 0 amide bonds. The minimum absolute atomic E-state index is 0.0951. The summed E-state index contributed by atoms with van der Waals surface area (Å²) in [6.07, 6.45) is -0.0951. The number of aromatic hydroxyl groups is 1. The van der Waals surface area contributed by atoms with Crippen LogP contribution in [0.4, 0.5) is 0 Å². The van der Waals surface area contributed by atoms with Crippen molar-refractivity contribution in [2.75, 3.05) is 0 Å². The zero-order chi connectivity index (χ0) is 13.0. The highest BCUT2D eigenvalue weighted by Gasteiger charge is 2.21. The molecule has 0 saturated carbocycles. The van der Waals surface area contributed by atoms with Gasteiger partial charge in [-0.15, -0.1) is 0 Å². The van der Waals surface area contributed by atoms with Crippen LogP contribution < -0.4 is 4.52 Å². The number of hydrogen-bond donors (Lipinski definition) is 2. The van der Waals surface area contributed by atoms with Crippen LogP contribution in [-0.2, 0) is 10.7 Å². The molecule has 4 nitrogen and oxygen atoms in total. The van der Waals surface area contributed by atoms with E-state index >= 15 is 0 Å². The standard InChI is InChI=1S/C13H13O4P/c14-12-8-6-11(7-9-12)10-18(15,16)17-13-4-2-1-3-5-13/h1-9,14H,10H2,(H,15,16). The molecular weight excluding hydrogens is 251 g/mol. The monoisotopic (exact) mass is 264 g/mol. The third-order valence-corrected chi connectivity index (χ3v) is 3.57. The zero-order valence-electron chi connectivity index (χ0n) is 9.56. The third-order valence-electron chi connectivity index (χ3n) is 2.31. The summed E-state index contributed by atoms with van der Waals surface area (Å²) in [6, 6.07) is 14.6. The van der Waals surface area contributed by atoms with E-state index < -0.39 is 7.60 Å². The molecule has 5 heteroatoms. The first-order valence-electron chi connectivity index (χ1n) is 5.39. The van der Waals surface area contributed by atoms with Crippen LogP contribution in [0.1, 0.15) is 5.56 Å². The van der Waals surface area contributed by atoms with E-state index in [4.69, 9.17) is 9.63 Å². The van der Waals surface area contributed by atoms with Crippen LogP contribution in [0.15, 0.2) is 54.6 Å². The predicted molar refractivity (Wildman–Crippen MR) is 68.7 cm³/mol. The number of hydrogen-bond acceptors (Lipinski definition) is 3. The van der Waals surface area contributed by atoms with Gasteiger partial charge in [-0.2, -0.15) is 0 Å². The summed E-state index contributed by atoms with van der Waals surface area (Å²) < 4.78 is 17.0. The lowest BCUT2D eigenvalue weighted by Gasteiger charge is -2.13. The van der Waals surface area contributed by atoms with Gasteiger partial charge in [-0.3, -0.25) is 0 Å². The van der Waals surface area contributed by atoms with E-state index in [1.54, 1.807) is 42.5 Å². The largest absolute Gasteiger partial charge is 0.508 e. The van der Waals surface area contributed by atoms with Crippen molar-refractivity contribution in [3.63, 3.8) is 0 Å². The number of phenols is 1. The molecule has 18 heavy (non-hydrogen) atoms. The van der Waals surface area contributed by atoms with Crippen molar-refractivity contribution in [3.8, 4) is 11.5 Å². The van der Waals surface area contributed by atoms with Crippen LogP contribution in [0.25, 0.3) is 0 Å². The lowest BCUT2D eigenvalue weighted by molar-refractivity contribution is 0.378. The van der Waals surface area contributed by atoms with Gasteiger partial charge < -0.3 is 14.5 Å². The van der Waals surface area contributed by atoms with E-state index in [2.05, 4.69) is 0 Å². The Bertz CT molecular complexity index is 551. The minimum Gasteiger partial charge on any atom is -0.508 e. The summed E-state index contributed by atoms with van der Waals surface area (Å²) in [7, 11) is -3.73. The van der Waals surface area contributed by atoms with E-state index in [9.17, 15) is 9.46 Å². The molecule has 0 fully saturated rings. The Labute approximate surface area is 105 Å². The van der Waals surface area contributed by atoms with E-state index in [0.717, 1.165) is 0 Å². The molecule has 0 radical (unpaired) electrons. The maximum Gasteiger partial charge on any atom is 0.380 e. The molecule has 0 aliphatic rings. The SMILES string of the molecule is O=P(O)(Cc1ccc(O)cc1)Oc1ccccc1. The minimum atomic E-state index is -3.73. The molecule has 1 atom stereocenters. The fraction of sp³-hybridized carbons (Fsp3) is 0.0769. The Morgan fingerprint density at radius 2 is 1.61 bits per heavy atom. The van der Waals surface area contributed by atoms with Gasteiger partial charge in [0.25, 0.3) is 0 Å². The molecule has 0 bridgehead atoms. The summed E-state index contributed by atoms with van der Waals surface area (Å²) in [5.74, 6) is 0.484. The van der Waals surface area contributed by atoms with Crippen molar-refractivity contribution < 1.29 is 19.1 Å². The molecule has 2 N–H and O–H groups in total. The quantitative estimate of drug-likeness (QED) is 0.832. The maximum absolute atomic E-state index is 11.9. The highest BCUT2D eigenvalue weighted by atomic mass is 31.2. The van der Waals surface area contributed by atoms with Gasteiger partial charge >= 0.3 is 7.60 Å². The Hall–Kier alpha value is -1.77. The van der Waals surface area contributed by atoms with Gasteiger partial charge in [0.05, 0.1) is 6.16 Å². The number of phenolic OH excluding ortho intramolecular Hbond substituents is 1. The van der Waals surface area contributed by atoms with Gasteiger partial charge in [0.2, 0.25) is 0 Å². The van der Waals surface area contributed by atoms with Crippen molar-refractivity contribution >= 4 is 7.60 Å². The zero-order valence-corrected chi connectivity index (χ0v) is 10.5. The lowest BCUT2D eigenvalue weighted by atomic mass is 10.2. The fourth-order valence-corrected chi connectivity index (χ4v) is 2.70. The molecular formula is C13H13O4P. The number of rotatable bonds is 4. The summed E-state index contributed by atoms with van der Waals surface area (Å²) in [5.41, 5.74) is 0.634. The normalized spacial score (nSPS) is 13.8. The Morgan fingerprint density at radius 3 is 2.22 bits per heavy atom. The Morgan fingerprint density at radius 1 is 1.00 bits per heavy atom. The van der Waals surface area contributed by atoms with Gasteiger partial charge in [0, 0.05) is 0 Å². The van der Waals surface area contributed by atoms with Crippen LogP contribution >= 0.6 is 7.60 Å². The van der Waals surface area contributed by atoms with Crippen LogP contribution in [0.3, 0.4) is 0 Å². The first kappa shape index (κ1) is 12.7. The van der Waals surface area contributed by atoms with Gasteiger partial charge in [0.1, 0.15) is 11.5 Å². The molecule has 2 aromatic carbocycles. The summed E-state index contributed by atoms with van der Waals surface area (Å²) in [4.78, 5) is 9.76. The van der Waals surface area contributed by atoms with Crippen molar-refractivity contribution in [2.24, 2.45) is 0 Å². The fourth-order valence-electron chi connectivity index (χ4n) is 1.51. The second-order valence-corrected chi connectivity index (χ2v) is 5.64. The van der Waals surface area contributed by atoms with E-state index in [1.807, 2.05) is 0 Å². The highest BCUT2D eigenvalue weighted by molar-refractivity contribution is 7.52. The van der Waals surface area contributed by atoms with Gasteiger partial charge in [-0.1, -0.05) is 30.3 Å². The van der Waals surface area contributed by atoms with Crippen LogP contribution in [-0.4, -0.2) is 10.00 Å². The average molecular weight is 264 g/mol. The van der Waals surface area contributed by atoms with Crippen LogP contribution in [0.2, 0.25) is 0 Å². The smallest absolute Gasteiger partial charge is 0.380 e. The van der Waals surface area contributed by atoms with Crippen LogP contribution in [0.5, 0.6) is 11.5 Å². The van der Waals surface area contributed by atoms with Gasteiger partial charge in [0.15, 0.2) is 0 Å². The van der Waals surface area contributed by atoms with Gasteiger partial charge in [-0.25, -0.2) is 4.57 Å². The number of benzene rings is 2. The van der Waals surface area contributed by atoms with Crippen molar-refractivity contribution in [2.45, 2.75) is 6.16 Å². The third kappa shape index (κ3) is 3.62. The highest BCUT2D eigenvalue weighted by Crippen LogP contribution is 2.45. The van der Waals surface area contributed by atoms with Crippen LogP contribution in [0, 0.1) is 0 Å². The van der Waals surface area contributed by atoms with Crippen molar-refractivity contribution in [3.05, 3.63) is 60.2 Å². The van der Waals surface area contributed by atoms with E-state index in [0.29, 0.717) is 11.3 Å². The molecule has 0 aliphatic carbocycles. The molecule has 0 aliphatic heterocycles. The molecule has 0 heterocycles. The first-order chi connectivity index (χ1) is 8.55. The molecule has 0 saturated heterocycles. The second kappa shape index (κ2) is 5.25. The lowest BCUT2D eigenvalue weighted by Crippen LogP contribution is -1.95. The average Bonchev–Trinajstić information content (AvgIpc) is 2.32. The van der Waals surface area contributed by atoms with Crippen molar-refractivity contribution in [1.82, 2.24) is 0 Å². The topological polar surface area (TPSA) is 66.8 Å². The first-order valence-corrected chi connectivity index (χ1v) is 7.16. The van der Waals surface area contributed by atoms with Crippen molar-refractivity contribution in [1.29, 1.82) is 0 Å². The summed E-state index contributed by atoms with van der Waals surface area (Å²) in [5, 5.41) is 9.13.